The van der Waals surface area contributed by atoms with E-state index in [0.29, 0.717) is 0 Å². The summed E-state index contributed by atoms with van der Waals surface area (Å²) in [5.41, 5.74) is -0.765. The smallest absolute Gasteiger partial charge is 0.276 e. The molecule has 4 nitrogen and oxygen atoms in total. The van der Waals surface area contributed by atoms with Crippen LogP contribution in [0.5, 0.6) is 0 Å². The molecule has 0 spiro atoms. The van der Waals surface area contributed by atoms with Gasteiger partial charge >= 0.3 is 6.18 Å². The van der Waals surface area contributed by atoms with Gasteiger partial charge in [0.15, 0.2) is 10.8 Å². The Hall–Kier alpha value is -1.46. The summed E-state index contributed by atoms with van der Waals surface area (Å²) in [6, 6.07) is 2.75. The van der Waals surface area contributed by atoms with Crippen LogP contribution in [0.4, 0.5) is 13.2 Å². The Morgan fingerprint density at radius 2 is 2.16 bits per heavy atom. The molecule has 0 amide bonds. The molecule has 2 heterocycles. The van der Waals surface area contributed by atoms with E-state index >= 15 is 0 Å². The van der Waals surface area contributed by atoms with Gasteiger partial charge < -0.3 is 0 Å². The molecule has 2 aromatic rings. The molecule has 0 saturated carbocycles. The van der Waals surface area contributed by atoms with Crippen LogP contribution in [0, 0.1) is 11.3 Å². The monoisotopic (exact) mass is 306 g/mol. The highest BCUT2D eigenvalue weighted by atomic mass is 35.5. The van der Waals surface area contributed by atoms with Crippen LogP contribution in [0.15, 0.2) is 17.4 Å². The summed E-state index contributed by atoms with van der Waals surface area (Å²) >= 11 is 6.76. The van der Waals surface area contributed by atoms with E-state index in [9.17, 15) is 13.2 Å². The number of aromatic nitrogens is 3. The average molecular weight is 307 g/mol. The Labute approximate surface area is 115 Å². The number of pyridine rings is 1. The summed E-state index contributed by atoms with van der Waals surface area (Å²) in [5, 5.41) is 15.8. The summed E-state index contributed by atoms with van der Waals surface area (Å²) in [4.78, 5) is 0. The number of alkyl halides is 3. The van der Waals surface area contributed by atoms with Gasteiger partial charge in [0.1, 0.15) is 0 Å². The largest absolute Gasteiger partial charge is 0.417 e. The molecule has 100 valence electrons. The summed E-state index contributed by atoms with van der Waals surface area (Å²) in [6.07, 6.45) is -3.64. The van der Waals surface area contributed by atoms with Crippen LogP contribution in [-0.2, 0) is 6.18 Å². The highest BCUT2D eigenvalue weighted by Gasteiger charge is 2.32. The molecule has 19 heavy (non-hydrogen) atoms. The lowest BCUT2D eigenvalue weighted by molar-refractivity contribution is -0.137. The van der Waals surface area contributed by atoms with Crippen molar-refractivity contribution in [2.24, 2.45) is 0 Å². The molecule has 0 aliphatic heterocycles. The minimum atomic E-state index is -4.51. The molecule has 0 aliphatic rings. The van der Waals surface area contributed by atoms with Crippen molar-refractivity contribution in [2.75, 3.05) is 0 Å². The molecule has 9 heteroatoms. The molecule has 0 aliphatic carbocycles. The van der Waals surface area contributed by atoms with E-state index < -0.39 is 17.0 Å². The van der Waals surface area contributed by atoms with Gasteiger partial charge in [0.25, 0.3) is 0 Å². The van der Waals surface area contributed by atoms with Crippen LogP contribution in [0.3, 0.4) is 0 Å². The maximum absolute atomic E-state index is 12.7. The van der Waals surface area contributed by atoms with Crippen LogP contribution < -0.4 is 0 Å². The fourth-order valence-corrected chi connectivity index (χ4v) is 2.31. The lowest BCUT2D eigenvalue weighted by Crippen LogP contribution is -2.07. The van der Waals surface area contributed by atoms with Crippen molar-refractivity contribution in [3.05, 3.63) is 22.8 Å². The molecule has 0 saturated heterocycles. The topological polar surface area (TPSA) is 54.0 Å². The first-order valence-corrected chi connectivity index (χ1v) is 6.26. The van der Waals surface area contributed by atoms with E-state index in [1.165, 1.54) is 0 Å². The zero-order chi connectivity index (χ0) is 14.2. The molecule has 0 aromatic carbocycles. The highest BCUT2D eigenvalue weighted by molar-refractivity contribution is 8.00. The Morgan fingerprint density at radius 3 is 2.74 bits per heavy atom. The average Bonchev–Trinajstić information content (AvgIpc) is 2.72. The lowest BCUT2D eigenvalue weighted by Gasteiger charge is -2.08. The quantitative estimate of drug-likeness (QED) is 0.798. The van der Waals surface area contributed by atoms with E-state index in [-0.39, 0.29) is 15.8 Å². The predicted molar refractivity (Wildman–Crippen MR) is 63.9 cm³/mol. The van der Waals surface area contributed by atoms with Crippen LogP contribution >= 0.6 is 23.4 Å². The third-order valence-corrected chi connectivity index (χ3v) is 3.45. The van der Waals surface area contributed by atoms with Gasteiger partial charge in [0, 0.05) is 6.20 Å². The molecule has 0 unspecified atom stereocenters. The molecule has 0 N–H and O–H groups in total. The number of nitrogens with zero attached hydrogens (tertiary/aromatic N) is 4. The van der Waals surface area contributed by atoms with Crippen LogP contribution in [0.25, 0.3) is 5.65 Å². The minimum Gasteiger partial charge on any atom is -0.276 e. The second kappa shape index (κ2) is 4.90. The molecule has 2 aromatic heterocycles. The van der Waals surface area contributed by atoms with E-state index in [1.807, 2.05) is 6.07 Å². The predicted octanol–water partition coefficient (Wildman–Crippen LogP) is 3.41. The van der Waals surface area contributed by atoms with Crippen molar-refractivity contribution in [1.29, 1.82) is 5.26 Å². The van der Waals surface area contributed by atoms with E-state index in [1.54, 1.807) is 6.92 Å². The zero-order valence-electron chi connectivity index (χ0n) is 9.44. The van der Waals surface area contributed by atoms with Crippen LogP contribution in [0.1, 0.15) is 12.5 Å². The van der Waals surface area contributed by atoms with Crippen molar-refractivity contribution in [2.45, 2.75) is 23.5 Å². The number of hydrogen-bond acceptors (Lipinski definition) is 4. The van der Waals surface area contributed by atoms with Crippen LogP contribution in [0.2, 0.25) is 5.02 Å². The van der Waals surface area contributed by atoms with Crippen molar-refractivity contribution in [1.82, 2.24) is 14.6 Å². The van der Waals surface area contributed by atoms with Crippen molar-refractivity contribution in [3.63, 3.8) is 0 Å². The van der Waals surface area contributed by atoms with Gasteiger partial charge in [-0.15, -0.1) is 10.2 Å². The third kappa shape index (κ3) is 2.77. The Bertz CT molecular complexity index is 661. The number of nitriles is 1. The number of rotatable bonds is 2. The fourth-order valence-electron chi connectivity index (χ4n) is 1.35. The molecule has 0 fully saturated rings. The van der Waals surface area contributed by atoms with Gasteiger partial charge in [-0.2, -0.15) is 18.4 Å². The van der Waals surface area contributed by atoms with E-state index in [2.05, 4.69) is 10.2 Å². The standard InChI is InChI=1S/C10H6ClF3N4S/c1-5(3-15)19-9-17-16-8-7(11)2-6(4-18(8)9)10(12,13)14/h2,4-5H,1H3/t5-/m0/s1. The first kappa shape index (κ1) is 14.0. The number of thioether (sulfide) groups is 1. The molecule has 1 atom stereocenters. The lowest BCUT2D eigenvalue weighted by atomic mass is 10.3. The van der Waals surface area contributed by atoms with E-state index in [4.69, 9.17) is 16.9 Å². The van der Waals surface area contributed by atoms with Gasteiger partial charge in [-0.3, -0.25) is 4.40 Å². The first-order chi connectivity index (χ1) is 8.82. The normalized spacial score (nSPS) is 13.5. The number of fused-ring (bicyclic) bond motifs is 1. The number of halogens is 4. The molecule has 0 bridgehead atoms. The minimum absolute atomic E-state index is 0.127. The van der Waals surface area contributed by atoms with Crippen molar-refractivity contribution in [3.8, 4) is 6.07 Å². The molecule has 0 radical (unpaired) electrons. The van der Waals surface area contributed by atoms with Gasteiger partial charge in [0.05, 0.1) is 21.9 Å². The van der Waals surface area contributed by atoms with Gasteiger partial charge in [-0.25, -0.2) is 0 Å². The second-order valence-electron chi connectivity index (χ2n) is 3.64. The maximum atomic E-state index is 12.7. The summed E-state index contributed by atoms with van der Waals surface area (Å²) < 4.78 is 39.2. The maximum Gasteiger partial charge on any atom is 0.417 e. The van der Waals surface area contributed by atoms with Gasteiger partial charge in [-0.05, 0) is 13.0 Å². The fraction of sp³-hybridized carbons (Fsp3) is 0.300. The molecule has 2 rings (SSSR count). The molecular formula is C10H6ClF3N4S. The Balaban J connectivity index is 2.57. The van der Waals surface area contributed by atoms with Gasteiger partial charge in [0.2, 0.25) is 0 Å². The van der Waals surface area contributed by atoms with Crippen molar-refractivity contribution >= 4 is 29.0 Å². The Morgan fingerprint density at radius 1 is 1.47 bits per heavy atom. The second-order valence-corrected chi connectivity index (χ2v) is 5.35. The first-order valence-electron chi connectivity index (χ1n) is 5.00. The summed E-state index contributed by atoms with van der Waals surface area (Å²) in [6.45, 7) is 1.61. The van der Waals surface area contributed by atoms with E-state index in [0.717, 1.165) is 28.4 Å². The van der Waals surface area contributed by atoms with Crippen molar-refractivity contribution < 1.29 is 13.2 Å². The number of hydrogen-bond donors (Lipinski definition) is 0. The van der Waals surface area contributed by atoms with Gasteiger partial charge in [-0.1, -0.05) is 23.4 Å². The third-order valence-electron chi connectivity index (χ3n) is 2.22. The summed E-state index contributed by atoms with van der Waals surface area (Å²) in [7, 11) is 0. The SMILES string of the molecule is C[C@@H](C#N)Sc1nnc2c(Cl)cc(C(F)(F)F)cn12. The highest BCUT2D eigenvalue weighted by Crippen LogP contribution is 2.33. The Kier molecular flexibility index (Phi) is 3.60. The summed E-state index contributed by atoms with van der Waals surface area (Å²) in [5.74, 6) is 0. The molecular weight excluding hydrogens is 301 g/mol. The zero-order valence-corrected chi connectivity index (χ0v) is 11.0. The van der Waals surface area contributed by atoms with Crippen LogP contribution in [-0.4, -0.2) is 19.8 Å².